The van der Waals surface area contributed by atoms with E-state index in [-0.39, 0.29) is 5.91 Å². The molecule has 20 heavy (non-hydrogen) atoms. The highest BCUT2D eigenvalue weighted by Gasteiger charge is 2.22. The number of carbonyl (C=O) groups is 1. The largest absolute Gasteiger partial charge is 0.353 e. The van der Waals surface area contributed by atoms with Gasteiger partial charge in [0, 0.05) is 19.0 Å². The fourth-order valence-electron chi connectivity index (χ4n) is 2.54. The van der Waals surface area contributed by atoms with Gasteiger partial charge in [-0.25, -0.2) is 0 Å². The number of benzene rings is 1. The third-order valence-electron chi connectivity index (χ3n) is 3.72. The molecule has 2 N–H and O–H groups in total. The summed E-state index contributed by atoms with van der Waals surface area (Å²) in [5.74, 6) is 0.163. The van der Waals surface area contributed by atoms with Gasteiger partial charge in [-0.2, -0.15) is 0 Å². The van der Waals surface area contributed by atoms with Crippen molar-refractivity contribution >= 4 is 29.2 Å². The molecule has 1 aliphatic carbocycles. The van der Waals surface area contributed by atoms with Gasteiger partial charge < -0.3 is 14.9 Å². The van der Waals surface area contributed by atoms with Crippen molar-refractivity contribution in [2.45, 2.75) is 45.2 Å². The number of hydrogen-bond acceptors (Lipinski definition) is 2. The van der Waals surface area contributed by atoms with Crippen LogP contribution in [0.15, 0.2) is 18.2 Å². The first-order valence-electron chi connectivity index (χ1n) is 7.12. The summed E-state index contributed by atoms with van der Waals surface area (Å²) in [6, 6.07) is 6.59. The fourth-order valence-corrected chi connectivity index (χ4v) is 2.83. The second-order valence-electron chi connectivity index (χ2n) is 5.50. The Morgan fingerprint density at radius 2 is 2.30 bits per heavy atom. The van der Waals surface area contributed by atoms with Crippen molar-refractivity contribution in [3.05, 3.63) is 28.5 Å². The van der Waals surface area contributed by atoms with E-state index in [2.05, 4.69) is 27.9 Å². The quantitative estimate of drug-likeness (QED) is 0.831. The molecule has 3 rings (SSSR count). The van der Waals surface area contributed by atoms with E-state index in [1.165, 1.54) is 5.56 Å². The van der Waals surface area contributed by atoms with E-state index >= 15 is 0 Å². The highest BCUT2D eigenvalue weighted by molar-refractivity contribution is 7.71. The lowest BCUT2D eigenvalue weighted by atomic mass is 10.2. The van der Waals surface area contributed by atoms with E-state index in [1.54, 1.807) is 0 Å². The van der Waals surface area contributed by atoms with Crippen molar-refractivity contribution in [3.63, 3.8) is 0 Å². The van der Waals surface area contributed by atoms with E-state index in [9.17, 15) is 4.79 Å². The second-order valence-corrected chi connectivity index (χ2v) is 5.88. The average molecular weight is 289 g/mol. The number of imidazole rings is 1. The molecule has 0 radical (unpaired) electrons. The van der Waals surface area contributed by atoms with Crippen molar-refractivity contribution in [2.24, 2.45) is 0 Å². The zero-order chi connectivity index (χ0) is 14.1. The topological polar surface area (TPSA) is 49.8 Å². The van der Waals surface area contributed by atoms with Crippen LogP contribution in [0.1, 0.15) is 31.2 Å². The van der Waals surface area contributed by atoms with Crippen LogP contribution in [-0.4, -0.2) is 21.5 Å². The molecule has 5 heteroatoms. The van der Waals surface area contributed by atoms with Gasteiger partial charge in [-0.3, -0.25) is 4.79 Å². The summed E-state index contributed by atoms with van der Waals surface area (Å²) in [5, 5.41) is 3.02. The molecule has 106 valence electrons. The summed E-state index contributed by atoms with van der Waals surface area (Å²) in [6.45, 7) is 2.86. The number of H-pyrrole nitrogens is 1. The predicted octanol–water partition coefficient (Wildman–Crippen LogP) is 3.07. The fraction of sp³-hybridized carbons (Fsp3) is 0.467. The van der Waals surface area contributed by atoms with Gasteiger partial charge in [0.05, 0.1) is 11.0 Å². The lowest BCUT2D eigenvalue weighted by Gasteiger charge is -2.07. The standard InChI is InChI=1S/C15H19N3OS/c1-10-4-2-5-12-14(10)18(15(20)17-12)9-3-6-13(19)16-11-7-8-11/h2,4-5,11H,3,6-9H2,1H3,(H,16,19)(H,17,20). The Bertz CT molecular complexity index is 697. The predicted molar refractivity (Wildman–Crippen MR) is 82.3 cm³/mol. The molecule has 1 saturated carbocycles. The molecule has 0 atom stereocenters. The maximum atomic E-state index is 11.7. The van der Waals surface area contributed by atoms with Crippen LogP contribution < -0.4 is 5.32 Å². The minimum atomic E-state index is 0.163. The number of rotatable bonds is 5. The van der Waals surface area contributed by atoms with Gasteiger partial charge in [0.2, 0.25) is 5.91 Å². The maximum absolute atomic E-state index is 11.7. The molecule has 4 nitrogen and oxygen atoms in total. The molecule has 1 heterocycles. The van der Waals surface area contributed by atoms with Gasteiger partial charge >= 0.3 is 0 Å². The Balaban J connectivity index is 1.69. The summed E-state index contributed by atoms with van der Waals surface area (Å²) in [5.41, 5.74) is 3.43. The molecular formula is C15H19N3OS. The first-order valence-corrected chi connectivity index (χ1v) is 7.53. The van der Waals surface area contributed by atoms with Crippen molar-refractivity contribution in [2.75, 3.05) is 0 Å². The zero-order valence-electron chi connectivity index (χ0n) is 11.6. The SMILES string of the molecule is Cc1cccc2[nH]c(=S)n(CCCC(=O)NC3CC3)c12. The highest BCUT2D eigenvalue weighted by Crippen LogP contribution is 2.20. The Morgan fingerprint density at radius 1 is 1.50 bits per heavy atom. The Hall–Kier alpha value is -1.62. The second kappa shape index (κ2) is 5.40. The lowest BCUT2D eigenvalue weighted by molar-refractivity contribution is -0.121. The number of nitrogens with zero attached hydrogens (tertiary/aromatic N) is 1. The third kappa shape index (κ3) is 2.77. The molecular weight excluding hydrogens is 270 g/mol. The van der Waals surface area contributed by atoms with Gasteiger partial charge in [0.25, 0.3) is 0 Å². The highest BCUT2D eigenvalue weighted by atomic mass is 32.1. The number of aryl methyl sites for hydroxylation is 2. The minimum Gasteiger partial charge on any atom is -0.353 e. The first-order chi connectivity index (χ1) is 9.65. The molecule has 1 aromatic heterocycles. The summed E-state index contributed by atoms with van der Waals surface area (Å²) in [4.78, 5) is 14.9. The number of aromatic nitrogens is 2. The minimum absolute atomic E-state index is 0.163. The third-order valence-corrected chi connectivity index (χ3v) is 4.04. The van der Waals surface area contributed by atoms with Crippen LogP contribution in [0.3, 0.4) is 0 Å². The number of aromatic amines is 1. The Morgan fingerprint density at radius 3 is 3.05 bits per heavy atom. The number of hydrogen-bond donors (Lipinski definition) is 2. The number of nitrogens with one attached hydrogen (secondary N) is 2. The molecule has 1 aromatic carbocycles. The van der Waals surface area contributed by atoms with Gasteiger partial charge in [0.15, 0.2) is 4.77 Å². The molecule has 2 aromatic rings. The van der Waals surface area contributed by atoms with Crippen LogP contribution >= 0.6 is 12.2 Å². The smallest absolute Gasteiger partial charge is 0.220 e. The van der Waals surface area contributed by atoms with E-state index in [4.69, 9.17) is 12.2 Å². The van der Waals surface area contributed by atoms with Crippen LogP contribution in [0.5, 0.6) is 0 Å². The molecule has 0 spiro atoms. The van der Waals surface area contributed by atoms with Gasteiger partial charge in [-0.15, -0.1) is 0 Å². The summed E-state index contributed by atoms with van der Waals surface area (Å²) >= 11 is 5.38. The molecule has 1 aliphatic rings. The van der Waals surface area contributed by atoms with Crippen molar-refractivity contribution in [1.82, 2.24) is 14.9 Å². The van der Waals surface area contributed by atoms with E-state index in [0.29, 0.717) is 12.5 Å². The molecule has 0 unspecified atom stereocenters. The van der Waals surface area contributed by atoms with E-state index < -0.39 is 0 Å². The van der Waals surface area contributed by atoms with Gasteiger partial charge in [0.1, 0.15) is 0 Å². The number of fused-ring (bicyclic) bond motifs is 1. The zero-order valence-corrected chi connectivity index (χ0v) is 12.4. The molecule has 1 fully saturated rings. The molecule has 1 amide bonds. The normalized spacial score (nSPS) is 14.7. The maximum Gasteiger partial charge on any atom is 0.220 e. The number of carbonyl (C=O) groups excluding carboxylic acids is 1. The van der Waals surface area contributed by atoms with Gasteiger partial charge in [-0.1, -0.05) is 12.1 Å². The molecule has 0 bridgehead atoms. The van der Waals surface area contributed by atoms with Crippen molar-refractivity contribution in [1.29, 1.82) is 0 Å². The monoisotopic (exact) mass is 289 g/mol. The van der Waals surface area contributed by atoms with Crippen molar-refractivity contribution < 1.29 is 4.79 Å². The summed E-state index contributed by atoms with van der Waals surface area (Å²) in [7, 11) is 0. The number of para-hydroxylation sites is 1. The van der Waals surface area contributed by atoms with E-state index in [1.807, 2.05) is 12.1 Å². The summed E-state index contributed by atoms with van der Waals surface area (Å²) < 4.78 is 2.83. The molecule has 0 aliphatic heterocycles. The summed E-state index contributed by atoms with van der Waals surface area (Å²) in [6.07, 6.45) is 3.65. The van der Waals surface area contributed by atoms with Crippen molar-refractivity contribution in [3.8, 4) is 0 Å². The lowest BCUT2D eigenvalue weighted by Crippen LogP contribution is -2.25. The van der Waals surface area contributed by atoms with Crippen LogP contribution in [0.25, 0.3) is 11.0 Å². The van der Waals surface area contributed by atoms with Crippen LogP contribution in [0.2, 0.25) is 0 Å². The molecule has 0 saturated heterocycles. The Kier molecular flexibility index (Phi) is 3.61. The number of amides is 1. The van der Waals surface area contributed by atoms with Crippen LogP contribution in [0, 0.1) is 11.7 Å². The van der Waals surface area contributed by atoms with E-state index in [0.717, 1.165) is 41.6 Å². The first kappa shape index (κ1) is 13.4. The average Bonchev–Trinajstić information content (AvgIpc) is 3.14. The van der Waals surface area contributed by atoms with Gasteiger partial charge in [-0.05, 0) is 50.0 Å². The van der Waals surface area contributed by atoms with Crippen LogP contribution in [-0.2, 0) is 11.3 Å². The Labute approximate surface area is 123 Å². The van der Waals surface area contributed by atoms with Crippen LogP contribution in [0.4, 0.5) is 0 Å².